The van der Waals surface area contributed by atoms with Gasteiger partial charge >= 0.3 is 18.3 Å². The van der Waals surface area contributed by atoms with Gasteiger partial charge in [0.25, 0.3) is 5.60 Å². The quantitative estimate of drug-likeness (QED) is 0.421. The van der Waals surface area contributed by atoms with E-state index in [1.165, 1.54) is 18.2 Å². The van der Waals surface area contributed by atoms with Gasteiger partial charge in [0.2, 0.25) is 0 Å². The van der Waals surface area contributed by atoms with E-state index in [-0.39, 0.29) is 17.6 Å². The summed E-state index contributed by atoms with van der Waals surface area (Å²) in [6, 6.07) is 9.91. The number of nitrogens with zero attached hydrogens (tertiary/aromatic N) is 2. The van der Waals surface area contributed by atoms with Gasteiger partial charge in [-0.25, -0.2) is 4.79 Å². The van der Waals surface area contributed by atoms with Crippen LogP contribution in [0.5, 0.6) is 0 Å². The number of allylic oxidation sites excluding steroid dienone is 1. The summed E-state index contributed by atoms with van der Waals surface area (Å²) in [5, 5.41) is 19.1. The lowest BCUT2D eigenvalue weighted by molar-refractivity contribution is -0.376. The van der Waals surface area contributed by atoms with E-state index in [9.17, 15) is 41.4 Å². The maximum atomic E-state index is 13.3. The molecule has 2 aromatic carbocycles. The van der Waals surface area contributed by atoms with E-state index in [1.54, 1.807) is 41.6 Å². The monoisotopic (exact) mass is 514 g/mol. The normalized spacial score (nSPS) is 16.9. The molecule has 4 rings (SSSR count). The molecule has 0 radical (unpaired) electrons. The van der Waals surface area contributed by atoms with Gasteiger partial charge in [0.1, 0.15) is 5.76 Å². The first-order valence-electron chi connectivity index (χ1n) is 10.5. The summed E-state index contributed by atoms with van der Waals surface area (Å²) in [6.45, 7) is 3.42. The number of ether oxygens (including phenoxy) is 1. The van der Waals surface area contributed by atoms with E-state index in [0.29, 0.717) is 34.7 Å². The standard InChI is InChI=1S/C24H20F6N2O4/c1-13-8-17-10-18(22(35,23(25,26)27)24(28,29)30)6-7-19(17)32(13)12-31-11-14(2)36-20(31)15-4-3-5-16(9-15)21(33)34/h3-11,20,35H,12H2,1-2H3,(H,33,34). The summed E-state index contributed by atoms with van der Waals surface area (Å²) >= 11 is 0. The summed E-state index contributed by atoms with van der Waals surface area (Å²) in [6.07, 6.45) is -11.0. The minimum Gasteiger partial charge on any atom is -0.478 e. The summed E-state index contributed by atoms with van der Waals surface area (Å²) in [4.78, 5) is 13.1. The smallest absolute Gasteiger partial charge is 0.430 e. The first-order valence-corrected chi connectivity index (χ1v) is 10.5. The molecule has 3 aromatic rings. The summed E-state index contributed by atoms with van der Waals surface area (Å²) in [7, 11) is 0. The van der Waals surface area contributed by atoms with Crippen LogP contribution in [0.2, 0.25) is 0 Å². The van der Waals surface area contributed by atoms with Crippen molar-refractivity contribution < 1.29 is 46.1 Å². The number of carboxylic acids is 1. The third-order valence-electron chi connectivity index (χ3n) is 6.02. The third kappa shape index (κ3) is 4.15. The van der Waals surface area contributed by atoms with E-state index in [2.05, 4.69) is 0 Å². The van der Waals surface area contributed by atoms with Gasteiger partial charge < -0.3 is 24.4 Å². The molecule has 0 bridgehead atoms. The molecule has 2 N–H and O–H groups in total. The number of carboxylic acid groups (broad SMARTS) is 1. The number of aliphatic hydroxyl groups is 1. The number of carbonyl (C=O) groups is 1. The SMILES string of the molecule is CC1=CN(Cn2c(C)cc3cc(C(O)(C(F)(F)F)C(F)(F)F)ccc32)C(c2cccc(C(=O)O)c2)O1. The first-order chi connectivity index (χ1) is 16.6. The molecule has 12 heteroatoms. The predicted molar refractivity (Wildman–Crippen MR) is 116 cm³/mol. The maximum Gasteiger partial charge on any atom is 0.430 e. The van der Waals surface area contributed by atoms with Gasteiger partial charge in [0.05, 0.1) is 12.2 Å². The van der Waals surface area contributed by atoms with E-state index < -0.39 is 35.7 Å². The maximum absolute atomic E-state index is 13.3. The minimum absolute atomic E-state index is 0.0533. The Morgan fingerprint density at radius 3 is 2.28 bits per heavy atom. The second-order valence-corrected chi connectivity index (χ2v) is 8.49. The number of aryl methyl sites for hydroxylation is 1. The number of fused-ring (bicyclic) bond motifs is 1. The molecule has 1 atom stereocenters. The Hall–Kier alpha value is -3.67. The van der Waals surface area contributed by atoms with Crippen LogP contribution in [0.3, 0.4) is 0 Å². The summed E-state index contributed by atoms with van der Waals surface area (Å²) < 4.78 is 87.4. The predicted octanol–water partition coefficient (Wildman–Crippen LogP) is 5.81. The fourth-order valence-corrected chi connectivity index (χ4v) is 4.25. The van der Waals surface area contributed by atoms with Crippen LogP contribution >= 0.6 is 0 Å². The van der Waals surface area contributed by atoms with E-state index in [1.807, 2.05) is 0 Å². The van der Waals surface area contributed by atoms with Crippen molar-refractivity contribution in [3.05, 3.63) is 82.9 Å². The molecular formula is C24H20F6N2O4. The van der Waals surface area contributed by atoms with Crippen LogP contribution in [-0.4, -0.2) is 38.0 Å². The van der Waals surface area contributed by atoms with Gasteiger partial charge in [-0.15, -0.1) is 0 Å². The molecule has 192 valence electrons. The van der Waals surface area contributed by atoms with E-state index in [4.69, 9.17) is 4.74 Å². The molecule has 6 nitrogen and oxygen atoms in total. The first kappa shape index (κ1) is 25.4. The number of hydrogen-bond acceptors (Lipinski definition) is 4. The lowest BCUT2D eigenvalue weighted by Gasteiger charge is -2.32. The zero-order chi connectivity index (χ0) is 26.6. The second-order valence-electron chi connectivity index (χ2n) is 8.49. The zero-order valence-corrected chi connectivity index (χ0v) is 18.9. The van der Waals surface area contributed by atoms with Crippen molar-refractivity contribution in [3.8, 4) is 0 Å². The molecule has 0 saturated heterocycles. The zero-order valence-electron chi connectivity index (χ0n) is 18.9. The Morgan fingerprint density at radius 2 is 1.67 bits per heavy atom. The number of aromatic nitrogens is 1. The molecule has 1 aliphatic rings. The van der Waals surface area contributed by atoms with Gasteiger partial charge in [-0.2, -0.15) is 26.3 Å². The molecule has 2 heterocycles. The topological polar surface area (TPSA) is 74.9 Å². The highest BCUT2D eigenvalue weighted by Gasteiger charge is 2.71. The fraction of sp³-hybridized carbons (Fsp3) is 0.292. The third-order valence-corrected chi connectivity index (χ3v) is 6.02. The molecule has 0 saturated carbocycles. The van der Waals surface area contributed by atoms with Crippen LogP contribution in [0.4, 0.5) is 26.3 Å². The number of alkyl halides is 6. The highest BCUT2D eigenvalue weighted by atomic mass is 19.4. The van der Waals surface area contributed by atoms with Crippen molar-refractivity contribution >= 4 is 16.9 Å². The van der Waals surface area contributed by atoms with Gasteiger partial charge in [-0.1, -0.05) is 18.2 Å². The Bertz CT molecular complexity index is 1340. The van der Waals surface area contributed by atoms with Crippen LogP contribution < -0.4 is 0 Å². The lowest BCUT2D eigenvalue weighted by atomic mass is 9.91. The van der Waals surface area contributed by atoms with Crippen molar-refractivity contribution in [2.24, 2.45) is 0 Å². The van der Waals surface area contributed by atoms with Crippen LogP contribution in [0.1, 0.15) is 40.3 Å². The fourth-order valence-electron chi connectivity index (χ4n) is 4.25. The molecule has 36 heavy (non-hydrogen) atoms. The molecule has 1 aromatic heterocycles. The molecule has 0 aliphatic carbocycles. The van der Waals surface area contributed by atoms with E-state index in [0.717, 1.165) is 6.07 Å². The molecule has 0 fully saturated rings. The molecule has 0 amide bonds. The highest BCUT2D eigenvalue weighted by Crippen LogP contribution is 2.50. The largest absolute Gasteiger partial charge is 0.478 e. The van der Waals surface area contributed by atoms with Crippen molar-refractivity contribution in [1.29, 1.82) is 0 Å². The number of halogens is 6. The molecule has 1 unspecified atom stereocenters. The Balaban J connectivity index is 1.72. The van der Waals surface area contributed by atoms with Gasteiger partial charge in [0.15, 0.2) is 6.23 Å². The second kappa shape index (κ2) is 8.47. The van der Waals surface area contributed by atoms with Gasteiger partial charge in [-0.05, 0) is 44.2 Å². The van der Waals surface area contributed by atoms with Crippen LogP contribution in [-0.2, 0) is 17.0 Å². The van der Waals surface area contributed by atoms with Crippen molar-refractivity contribution in [1.82, 2.24) is 9.47 Å². The Labute approximate surface area is 200 Å². The Kier molecular flexibility index (Phi) is 5.98. The summed E-state index contributed by atoms with van der Waals surface area (Å²) in [5.74, 6) is -0.593. The number of rotatable bonds is 5. The van der Waals surface area contributed by atoms with E-state index >= 15 is 0 Å². The van der Waals surface area contributed by atoms with Crippen molar-refractivity contribution in [2.45, 2.75) is 44.7 Å². The molecule has 0 spiro atoms. The van der Waals surface area contributed by atoms with Gasteiger partial charge in [0, 0.05) is 33.9 Å². The van der Waals surface area contributed by atoms with Crippen molar-refractivity contribution in [3.63, 3.8) is 0 Å². The number of hydrogen-bond donors (Lipinski definition) is 2. The van der Waals surface area contributed by atoms with Crippen LogP contribution in [0.15, 0.2) is 60.5 Å². The number of aromatic carboxylic acids is 1. The van der Waals surface area contributed by atoms with Gasteiger partial charge in [-0.3, -0.25) is 0 Å². The van der Waals surface area contributed by atoms with Crippen LogP contribution in [0, 0.1) is 6.92 Å². The van der Waals surface area contributed by atoms with Crippen LogP contribution in [0.25, 0.3) is 10.9 Å². The Morgan fingerprint density at radius 1 is 1.00 bits per heavy atom. The van der Waals surface area contributed by atoms with Crippen molar-refractivity contribution in [2.75, 3.05) is 0 Å². The number of benzene rings is 2. The highest BCUT2D eigenvalue weighted by molar-refractivity contribution is 5.87. The molecule has 1 aliphatic heterocycles. The molecular weight excluding hydrogens is 494 g/mol. The average Bonchev–Trinajstić information content (AvgIpc) is 3.30. The average molecular weight is 514 g/mol. The minimum atomic E-state index is -5.98. The summed E-state index contributed by atoms with van der Waals surface area (Å²) in [5.41, 5.74) is -4.90. The lowest BCUT2D eigenvalue weighted by Crippen LogP contribution is -2.53.